The van der Waals surface area contributed by atoms with Crippen LogP contribution >= 0.6 is 0 Å². The first-order valence-electron chi connectivity index (χ1n) is 8.63. The summed E-state index contributed by atoms with van der Waals surface area (Å²) in [5.74, 6) is 0.427. The van der Waals surface area contributed by atoms with E-state index in [-0.39, 0.29) is 5.91 Å². The first kappa shape index (κ1) is 16.6. The number of pyridine rings is 1. The van der Waals surface area contributed by atoms with Crippen LogP contribution in [0.1, 0.15) is 54.0 Å². The molecule has 128 valence electrons. The lowest BCUT2D eigenvalue weighted by Crippen LogP contribution is -2.34. The Bertz CT molecular complexity index is 656. The number of carbonyl (C=O) groups is 1. The highest BCUT2D eigenvalue weighted by molar-refractivity contribution is 5.91. The summed E-state index contributed by atoms with van der Waals surface area (Å²) in [5, 5.41) is 6.95. The van der Waals surface area contributed by atoms with Crippen LogP contribution in [-0.2, 0) is 6.54 Å². The zero-order valence-electron chi connectivity index (χ0n) is 14.1. The van der Waals surface area contributed by atoms with E-state index in [1.807, 2.05) is 25.3 Å². The lowest BCUT2D eigenvalue weighted by Gasteiger charge is -2.31. The second kappa shape index (κ2) is 8.06. The standard InChI is InChI=1S/C18H24N4O2/c1-2-8-20-18(23)17-11-16(21-24-17)14-6-5-10-22(12-14)13-15-7-3-4-9-19-15/h3-4,7,9,11,14H,2,5-6,8,10,12-13H2,1H3,(H,20,23)/t14-/m1/s1. The fraction of sp³-hybridized carbons (Fsp3) is 0.500. The van der Waals surface area contributed by atoms with E-state index in [0.29, 0.717) is 18.2 Å². The highest BCUT2D eigenvalue weighted by Crippen LogP contribution is 2.27. The van der Waals surface area contributed by atoms with Crippen molar-refractivity contribution in [2.24, 2.45) is 0 Å². The molecule has 0 radical (unpaired) electrons. The summed E-state index contributed by atoms with van der Waals surface area (Å²) in [6, 6.07) is 7.79. The van der Waals surface area contributed by atoms with Crippen molar-refractivity contribution in [3.63, 3.8) is 0 Å². The molecule has 1 N–H and O–H groups in total. The van der Waals surface area contributed by atoms with Crippen molar-refractivity contribution in [1.29, 1.82) is 0 Å². The SMILES string of the molecule is CCCNC(=O)c1cc([C@@H]2CCCN(Cc3ccccn3)C2)no1. The second-order valence-corrected chi connectivity index (χ2v) is 6.27. The third kappa shape index (κ3) is 4.20. The number of nitrogens with one attached hydrogen (secondary N) is 1. The zero-order chi connectivity index (χ0) is 16.8. The van der Waals surface area contributed by atoms with E-state index in [2.05, 4.69) is 26.4 Å². The summed E-state index contributed by atoms with van der Waals surface area (Å²) in [5.41, 5.74) is 1.96. The van der Waals surface area contributed by atoms with E-state index in [0.717, 1.165) is 50.3 Å². The van der Waals surface area contributed by atoms with Crippen molar-refractivity contribution < 1.29 is 9.32 Å². The van der Waals surface area contributed by atoms with Gasteiger partial charge in [-0.15, -0.1) is 0 Å². The second-order valence-electron chi connectivity index (χ2n) is 6.27. The highest BCUT2D eigenvalue weighted by Gasteiger charge is 2.25. The normalized spacial score (nSPS) is 18.5. The molecule has 0 aromatic carbocycles. The Balaban J connectivity index is 1.60. The number of piperidine rings is 1. The van der Waals surface area contributed by atoms with E-state index < -0.39 is 0 Å². The molecule has 1 aliphatic rings. The molecule has 0 bridgehead atoms. The summed E-state index contributed by atoms with van der Waals surface area (Å²) in [6.45, 7) is 5.49. The predicted octanol–water partition coefficient (Wildman–Crippen LogP) is 2.59. The maximum absolute atomic E-state index is 11.9. The van der Waals surface area contributed by atoms with Gasteiger partial charge in [-0.05, 0) is 37.9 Å². The quantitative estimate of drug-likeness (QED) is 0.882. The molecule has 1 aliphatic heterocycles. The average molecular weight is 328 g/mol. The van der Waals surface area contributed by atoms with Gasteiger partial charge in [0.25, 0.3) is 5.91 Å². The van der Waals surface area contributed by atoms with Crippen LogP contribution in [0.5, 0.6) is 0 Å². The molecule has 2 aromatic rings. The minimum Gasteiger partial charge on any atom is -0.351 e. The van der Waals surface area contributed by atoms with Gasteiger partial charge >= 0.3 is 0 Å². The van der Waals surface area contributed by atoms with Gasteiger partial charge in [0, 0.05) is 37.8 Å². The fourth-order valence-electron chi connectivity index (χ4n) is 3.08. The molecule has 0 saturated carbocycles. The molecule has 6 heteroatoms. The Kier molecular flexibility index (Phi) is 5.59. The third-order valence-electron chi connectivity index (χ3n) is 4.32. The Morgan fingerprint density at radius 3 is 3.17 bits per heavy atom. The number of nitrogens with zero attached hydrogens (tertiary/aromatic N) is 3. The van der Waals surface area contributed by atoms with Gasteiger partial charge in [0.1, 0.15) is 0 Å². The smallest absolute Gasteiger partial charge is 0.289 e. The number of aromatic nitrogens is 2. The van der Waals surface area contributed by atoms with Crippen LogP contribution in [-0.4, -0.2) is 40.6 Å². The Morgan fingerprint density at radius 1 is 1.46 bits per heavy atom. The van der Waals surface area contributed by atoms with Crippen LogP contribution in [0.25, 0.3) is 0 Å². The minimum atomic E-state index is -0.184. The summed E-state index contributed by atoms with van der Waals surface area (Å²) in [7, 11) is 0. The fourth-order valence-corrected chi connectivity index (χ4v) is 3.08. The van der Waals surface area contributed by atoms with Gasteiger partial charge in [-0.1, -0.05) is 18.1 Å². The van der Waals surface area contributed by atoms with Gasteiger partial charge in [0.15, 0.2) is 0 Å². The molecule has 0 unspecified atom stereocenters. The Hall–Kier alpha value is -2.21. The Morgan fingerprint density at radius 2 is 2.38 bits per heavy atom. The van der Waals surface area contributed by atoms with Gasteiger partial charge in [0.05, 0.1) is 11.4 Å². The zero-order valence-corrected chi connectivity index (χ0v) is 14.1. The molecule has 1 amide bonds. The summed E-state index contributed by atoms with van der Waals surface area (Å²) < 4.78 is 5.24. The Labute approximate surface area is 142 Å². The number of likely N-dealkylation sites (tertiary alicyclic amines) is 1. The van der Waals surface area contributed by atoms with Crippen molar-refractivity contribution in [2.45, 2.75) is 38.6 Å². The predicted molar refractivity (Wildman–Crippen MR) is 90.6 cm³/mol. The molecule has 3 heterocycles. The van der Waals surface area contributed by atoms with E-state index in [4.69, 9.17) is 4.52 Å². The largest absolute Gasteiger partial charge is 0.351 e. The van der Waals surface area contributed by atoms with E-state index >= 15 is 0 Å². The van der Waals surface area contributed by atoms with Gasteiger partial charge in [0.2, 0.25) is 5.76 Å². The molecule has 1 atom stereocenters. The summed E-state index contributed by atoms with van der Waals surface area (Å²) >= 11 is 0. The summed E-state index contributed by atoms with van der Waals surface area (Å²) in [4.78, 5) is 18.7. The first-order chi connectivity index (χ1) is 11.8. The van der Waals surface area contributed by atoms with Crippen LogP contribution in [0.3, 0.4) is 0 Å². The van der Waals surface area contributed by atoms with Crippen LogP contribution in [0.2, 0.25) is 0 Å². The van der Waals surface area contributed by atoms with Gasteiger partial charge < -0.3 is 9.84 Å². The van der Waals surface area contributed by atoms with Crippen LogP contribution in [0.4, 0.5) is 0 Å². The molecule has 2 aromatic heterocycles. The van der Waals surface area contributed by atoms with Crippen molar-refractivity contribution in [1.82, 2.24) is 20.4 Å². The maximum Gasteiger partial charge on any atom is 0.289 e. The number of hydrogen-bond donors (Lipinski definition) is 1. The third-order valence-corrected chi connectivity index (χ3v) is 4.32. The van der Waals surface area contributed by atoms with E-state index in [1.54, 1.807) is 6.07 Å². The molecule has 3 rings (SSSR count). The molecule has 1 saturated heterocycles. The lowest BCUT2D eigenvalue weighted by atomic mass is 9.94. The monoisotopic (exact) mass is 328 g/mol. The first-order valence-corrected chi connectivity index (χ1v) is 8.63. The average Bonchev–Trinajstić information content (AvgIpc) is 3.11. The molecular weight excluding hydrogens is 304 g/mol. The summed E-state index contributed by atoms with van der Waals surface area (Å²) in [6.07, 6.45) is 4.91. The minimum absolute atomic E-state index is 0.184. The van der Waals surface area contributed by atoms with Gasteiger partial charge in [-0.3, -0.25) is 14.7 Å². The molecule has 0 aliphatic carbocycles. The number of carbonyl (C=O) groups excluding carboxylic acids is 1. The van der Waals surface area contributed by atoms with Crippen LogP contribution < -0.4 is 5.32 Å². The molecule has 1 fully saturated rings. The number of rotatable bonds is 6. The van der Waals surface area contributed by atoms with Crippen molar-refractivity contribution in [2.75, 3.05) is 19.6 Å². The number of hydrogen-bond acceptors (Lipinski definition) is 5. The highest BCUT2D eigenvalue weighted by atomic mass is 16.5. The van der Waals surface area contributed by atoms with Crippen LogP contribution in [0, 0.1) is 0 Å². The molecular formula is C18H24N4O2. The van der Waals surface area contributed by atoms with Gasteiger partial charge in [-0.2, -0.15) is 0 Å². The maximum atomic E-state index is 11.9. The van der Waals surface area contributed by atoms with Crippen molar-refractivity contribution >= 4 is 5.91 Å². The topological polar surface area (TPSA) is 71.3 Å². The van der Waals surface area contributed by atoms with Gasteiger partial charge in [-0.25, -0.2) is 0 Å². The van der Waals surface area contributed by atoms with Crippen molar-refractivity contribution in [3.05, 3.63) is 47.6 Å². The van der Waals surface area contributed by atoms with Crippen LogP contribution in [0.15, 0.2) is 35.0 Å². The van der Waals surface area contributed by atoms with E-state index in [1.165, 1.54) is 0 Å². The number of amides is 1. The molecule has 0 spiro atoms. The lowest BCUT2D eigenvalue weighted by molar-refractivity contribution is 0.0916. The van der Waals surface area contributed by atoms with E-state index in [9.17, 15) is 4.79 Å². The molecule has 24 heavy (non-hydrogen) atoms. The van der Waals surface area contributed by atoms with Crippen molar-refractivity contribution in [3.8, 4) is 0 Å². The molecule has 6 nitrogen and oxygen atoms in total.